The molecule has 0 aliphatic carbocycles. The Morgan fingerprint density at radius 3 is 2.75 bits per heavy atom. The number of aromatic hydroxyl groups is 2. The van der Waals surface area contributed by atoms with Gasteiger partial charge in [0, 0.05) is 13.1 Å². The fourth-order valence-corrected chi connectivity index (χ4v) is 3.01. The quantitative estimate of drug-likeness (QED) is 0.735. The predicted molar refractivity (Wildman–Crippen MR) is 93.8 cm³/mol. The molecule has 2 aromatic rings. The van der Waals surface area contributed by atoms with E-state index in [2.05, 4.69) is 16.3 Å². The lowest BCUT2D eigenvalue weighted by molar-refractivity contribution is 0.261. The maximum absolute atomic E-state index is 9.86. The van der Waals surface area contributed by atoms with Crippen molar-refractivity contribution in [3.63, 3.8) is 0 Å². The highest BCUT2D eigenvalue weighted by Gasteiger charge is 2.23. The lowest BCUT2D eigenvalue weighted by Crippen LogP contribution is -2.30. The van der Waals surface area contributed by atoms with Crippen LogP contribution in [0.15, 0.2) is 36.4 Å². The standard InChI is InChI=1S/C19H24N2O3/c1-21(2)8-9-24-15-5-3-4-14(10-15)19-16-12-18(23)17(22)11-13(16)6-7-20-19/h3-5,10-12,19-20,22-23H,6-9H2,1-2H3. The molecule has 24 heavy (non-hydrogen) atoms. The van der Waals surface area contributed by atoms with Crippen molar-refractivity contribution in [3.8, 4) is 17.2 Å². The number of hydrogen-bond donors (Lipinski definition) is 3. The van der Waals surface area contributed by atoms with Gasteiger partial charge in [-0.3, -0.25) is 0 Å². The lowest BCUT2D eigenvalue weighted by Gasteiger charge is -2.28. The second-order valence-corrected chi connectivity index (χ2v) is 6.40. The van der Waals surface area contributed by atoms with Crippen molar-refractivity contribution in [2.75, 3.05) is 33.8 Å². The molecule has 0 aromatic heterocycles. The number of fused-ring (bicyclic) bond motifs is 1. The van der Waals surface area contributed by atoms with Gasteiger partial charge in [-0.1, -0.05) is 12.1 Å². The van der Waals surface area contributed by atoms with Gasteiger partial charge in [0.05, 0.1) is 6.04 Å². The number of phenols is 2. The van der Waals surface area contributed by atoms with E-state index in [1.54, 1.807) is 12.1 Å². The average molecular weight is 328 g/mol. The first kappa shape index (κ1) is 16.6. The van der Waals surface area contributed by atoms with Gasteiger partial charge in [0.15, 0.2) is 11.5 Å². The van der Waals surface area contributed by atoms with Crippen LogP contribution in [-0.4, -0.2) is 48.9 Å². The minimum Gasteiger partial charge on any atom is -0.504 e. The molecule has 1 heterocycles. The highest BCUT2D eigenvalue weighted by Crippen LogP contribution is 2.36. The molecule has 0 fully saturated rings. The van der Waals surface area contributed by atoms with Gasteiger partial charge in [-0.2, -0.15) is 0 Å². The average Bonchev–Trinajstić information content (AvgIpc) is 2.55. The van der Waals surface area contributed by atoms with E-state index in [9.17, 15) is 10.2 Å². The monoisotopic (exact) mass is 328 g/mol. The first-order chi connectivity index (χ1) is 11.5. The van der Waals surface area contributed by atoms with Crippen LogP contribution in [0.1, 0.15) is 22.7 Å². The van der Waals surface area contributed by atoms with Crippen LogP contribution in [0.25, 0.3) is 0 Å². The summed E-state index contributed by atoms with van der Waals surface area (Å²) in [5, 5.41) is 23.1. The lowest BCUT2D eigenvalue weighted by atomic mass is 9.89. The third-order valence-electron chi connectivity index (χ3n) is 4.29. The van der Waals surface area contributed by atoms with E-state index < -0.39 is 0 Å². The highest BCUT2D eigenvalue weighted by molar-refractivity contribution is 5.50. The number of rotatable bonds is 5. The molecule has 0 saturated heterocycles. The Balaban J connectivity index is 1.84. The highest BCUT2D eigenvalue weighted by atomic mass is 16.5. The van der Waals surface area contributed by atoms with Crippen molar-refractivity contribution in [2.24, 2.45) is 0 Å². The molecule has 0 spiro atoms. The maximum atomic E-state index is 9.86. The van der Waals surface area contributed by atoms with Crippen LogP contribution in [0.2, 0.25) is 0 Å². The van der Waals surface area contributed by atoms with Crippen LogP contribution in [0.4, 0.5) is 0 Å². The summed E-state index contributed by atoms with van der Waals surface area (Å²) in [6.07, 6.45) is 0.832. The molecule has 3 rings (SSSR count). The van der Waals surface area contributed by atoms with Crippen LogP contribution in [0.3, 0.4) is 0 Å². The van der Waals surface area contributed by atoms with Crippen molar-refractivity contribution >= 4 is 0 Å². The number of likely N-dealkylation sites (N-methyl/N-ethyl adjacent to an activating group) is 1. The Morgan fingerprint density at radius 2 is 1.96 bits per heavy atom. The van der Waals surface area contributed by atoms with E-state index in [-0.39, 0.29) is 17.5 Å². The number of phenolic OH excluding ortho intramolecular Hbond substituents is 2. The van der Waals surface area contributed by atoms with Gasteiger partial charge in [0.25, 0.3) is 0 Å². The van der Waals surface area contributed by atoms with Gasteiger partial charge >= 0.3 is 0 Å². The minimum absolute atomic E-state index is 0.0161. The molecule has 0 amide bonds. The molecule has 3 N–H and O–H groups in total. The number of ether oxygens (including phenoxy) is 1. The van der Waals surface area contributed by atoms with E-state index in [0.29, 0.717) is 6.61 Å². The number of hydrogen-bond acceptors (Lipinski definition) is 5. The zero-order valence-corrected chi connectivity index (χ0v) is 14.1. The zero-order chi connectivity index (χ0) is 17.1. The van der Waals surface area contributed by atoms with Crippen LogP contribution in [-0.2, 0) is 6.42 Å². The molecule has 1 aliphatic rings. The second kappa shape index (κ2) is 7.11. The fraction of sp³-hybridized carbons (Fsp3) is 0.368. The van der Waals surface area contributed by atoms with E-state index in [1.807, 2.05) is 32.3 Å². The summed E-state index contributed by atoms with van der Waals surface area (Å²) >= 11 is 0. The third-order valence-corrected chi connectivity index (χ3v) is 4.29. The topological polar surface area (TPSA) is 65.0 Å². The Morgan fingerprint density at radius 1 is 1.17 bits per heavy atom. The SMILES string of the molecule is CN(C)CCOc1cccc(C2NCCc3cc(O)c(O)cc32)c1. The van der Waals surface area contributed by atoms with Crippen molar-refractivity contribution in [1.29, 1.82) is 0 Å². The van der Waals surface area contributed by atoms with Gasteiger partial charge < -0.3 is 25.2 Å². The minimum atomic E-state index is -0.0826. The first-order valence-corrected chi connectivity index (χ1v) is 8.20. The number of nitrogens with one attached hydrogen (secondary N) is 1. The van der Waals surface area contributed by atoms with E-state index in [0.717, 1.165) is 42.0 Å². The largest absolute Gasteiger partial charge is 0.504 e. The normalized spacial score (nSPS) is 16.9. The van der Waals surface area contributed by atoms with Gasteiger partial charge in [-0.25, -0.2) is 0 Å². The van der Waals surface area contributed by atoms with Crippen molar-refractivity contribution in [2.45, 2.75) is 12.5 Å². The molecule has 5 heteroatoms. The predicted octanol–water partition coefficient (Wildman–Crippen LogP) is 2.27. The second-order valence-electron chi connectivity index (χ2n) is 6.40. The summed E-state index contributed by atoms with van der Waals surface area (Å²) in [6.45, 7) is 2.33. The van der Waals surface area contributed by atoms with E-state index >= 15 is 0 Å². The zero-order valence-electron chi connectivity index (χ0n) is 14.1. The summed E-state index contributed by atoms with van der Waals surface area (Å²) in [5.41, 5.74) is 3.15. The summed E-state index contributed by atoms with van der Waals surface area (Å²) in [5.74, 6) is 0.697. The molecule has 2 aromatic carbocycles. The molecule has 5 nitrogen and oxygen atoms in total. The molecule has 1 unspecified atom stereocenters. The van der Waals surface area contributed by atoms with Gasteiger partial charge in [-0.05, 0) is 61.5 Å². The molecule has 1 atom stereocenters. The van der Waals surface area contributed by atoms with Crippen LogP contribution in [0.5, 0.6) is 17.2 Å². The van der Waals surface area contributed by atoms with Crippen molar-refractivity contribution in [1.82, 2.24) is 10.2 Å². The molecular formula is C19H24N2O3. The molecular weight excluding hydrogens is 304 g/mol. The Kier molecular flexibility index (Phi) is 4.92. The maximum Gasteiger partial charge on any atom is 0.157 e. The van der Waals surface area contributed by atoms with Crippen LogP contribution >= 0.6 is 0 Å². The molecule has 1 aliphatic heterocycles. The molecule has 0 radical (unpaired) electrons. The van der Waals surface area contributed by atoms with Crippen LogP contribution in [0, 0.1) is 0 Å². The molecule has 128 valence electrons. The third kappa shape index (κ3) is 3.63. The van der Waals surface area contributed by atoms with E-state index in [4.69, 9.17) is 4.74 Å². The van der Waals surface area contributed by atoms with Crippen LogP contribution < -0.4 is 10.1 Å². The summed E-state index contributed by atoms with van der Waals surface area (Å²) in [6, 6.07) is 11.3. The van der Waals surface area contributed by atoms with Gasteiger partial charge in [-0.15, -0.1) is 0 Å². The first-order valence-electron chi connectivity index (χ1n) is 8.20. The molecule has 0 saturated carbocycles. The van der Waals surface area contributed by atoms with Crippen molar-refractivity contribution in [3.05, 3.63) is 53.1 Å². The van der Waals surface area contributed by atoms with Crippen molar-refractivity contribution < 1.29 is 14.9 Å². The Bertz CT molecular complexity index is 716. The number of nitrogens with zero attached hydrogens (tertiary/aromatic N) is 1. The van der Waals surface area contributed by atoms with Gasteiger partial charge in [0.2, 0.25) is 0 Å². The summed E-state index contributed by atoms with van der Waals surface area (Å²) in [7, 11) is 4.04. The number of benzene rings is 2. The van der Waals surface area contributed by atoms with Gasteiger partial charge in [0.1, 0.15) is 12.4 Å². The Hall–Kier alpha value is -2.24. The van der Waals surface area contributed by atoms with E-state index in [1.165, 1.54) is 0 Å². The summed E-state index contributed by atoms with van der Waals surface area (Å²) < 4.78 is 5.82. The molecule has 0 bridgehead atoms. The summed E-state index contributed by atoms with van der Waals surface area (Å²) in [4.78, 5) is 2.08. The fourth-order valence-electron chi connectivity index (χ4n) is 3.01. The smallest absolute Gasteiger partial charge is 0.157 e. The Labute approximate surface area is 142 Å².